The second-order valence-corrected chi connectivity index (χ2v) is 4.56. The van der Waals surface area contributed by atoms with Crippen LogP contribution in [0, 0.1) is 11.8 Å². The summed E-state index contributed by atoms with van der Waals surface area (Å²) >= 11 is 0. The van der Waals surface area contributed by atoms with Gasteiger partial charge in [-0.1, -0.05) is 11.8 Å². The third-order valence-corrected chi connectivity index (χ3v) is 2.81. The topological polar surface area (TPSA) is 81.2 Å². The molecule has 0 spiro atoms. The van der Waals surface area contributed by atoms with Crippen molar-refractivity contribution in [1.29, 1.82) is 0 Å². The van der Waals surface area contributed by atoms with E-state index in [1.807, 2.05) is 19.1 Å². The molecule has 0 aromatic carbocycles. The van der Waals surface area contributed by atoms with Gasteiger partial charge in [0.1, 0.15) is 11.5 Å². The number of aromatic nitrogens is 1. The second-order valence-electron chi connectivity index (χ2n) is 4.56. The molecular formula is C16H17N3O2. The molecule has 3 N–H and O–H groups in total. The molecule has 0 bridgehead atoms. The van der Waals surface area contributed by atoms with Gasteiger partial charge in [0, 0.05) is 18.7 Å². The number of carbonyl (C=O) groups is 1. The summed E-state index contributed by atoms with van der Waals surface area (Å²) in [5, 5.41) is 2.89. The molecule has 2 rings (SSSR count). The zero-order valence-electron chi connectivity index (χ0n) is 11.8. The maximum Gasteiger partial charge on any atom is 0.271 e. The van der Waals surface area contributed by atoms with E-state index in [0.29, 0.717) is 17.7 Å². The van der Waals surface area contributed by atoms with Crippen LogP contribution in [0.25, 0.3) is 0 Å². The highest BCUT2D eigenvalue weighted by Gasteiger charge is 2.15. The lowest BCUT2D eigenvalue weighted by molar-refractivity contribution is 0.0934. The van der Waals surface area contributed by atoms with Gasteiger partial charge in [-0.2, -0.15) is 0 Å². The first-order chi connectivity index (χ1) is 10.2. The lowest BCUT2D eigenvalue weighted by atomic mass is 10.1. The number of pyridine rings is 1. The lowest BCUT2D eigenvalue weighted by Gasteiger charge is -2.12. The first-order valence-corrected chi connectivity index (χ1v) is 6.68. The van der Waals surface area contributed by atoms with E-state index in [9.17, 15) is 4.79 Å². The normalized spacial score (nSPS) is 11.3. The zero-order chi connectivity index (χ0) is 15.1. The standard InChI is InChI=1S/C16H17N3O2/c1-12(11-14-7-4-10-21-14)19-16(20)15-13(5-2-8-17)6-3-9-18-15/h3-4,6-7,9-10,12H,8,11,17H2,1H3,(H,19,20). The molecule has 0 fully saturated rings. The molecular weight excluding hydrogens is 266 g/mol. The number of rotatable bonds is 4. The predicted molar refractivity (Wildman–Crippen MR) is 79.5 cm³/mol. The molecule has 5 heteroatoms. The summed E-state index contributed by atoms with van der Waals surface area (Å²) in [6, 6.07) is 7.12. The van der Waals surface area contributed by atoms with Crippen molar-refractivity contribution in [2.24, 2.45) is 5.73 Å². The van der Waals surface area contributed by atoms with Crippen LogP contribution < -0.4 is 11.1 Å². The van der Waals surface area contributed by atoms with Gasteiger partial charge in [0.2, 0.25) is 0 Å². The van der Waals surface area contributed by atoms with Crippen LogP contribution in [-0.2, 0) is 6.42 Å². The quantitative estimate of drug-likeness (QED) is 0.830. The fraction of sp³-hybridized carbons (Fsp3) is 0.250. The maximum atomic E-state index is 12.3. The highest BCUT2D eigenvalue weighted by atomic mass is 16.3. The summed E-state index contributed by atoms with van der Waals surface area (Å²) in [7, 11) is 0. The summed E-state index contributed by atoms with van der Waals surface area (Å²) in [4.78, 5) is 16.4. The minimum absolute atomic E-state index is 0.0685. The van der Waals surface area contributed by atoms with Crippen molar-refractivity contribution >= 4 is 5.91 Å². The van der Waals surface area contributed by atoms with Crippen molar-refractivity contribution in [1.82, 2.24) is 10.3 Å². The van der Waals surface area contributed by atoms with E-state index in [1.54, 1.807) is 24.6 Å². The molecule has 0 aliphatic heterocycles. The molecule has 1 amide bonds. The van der Waals surface area contributed by atoms with Crippen LogP contribution in [0.5, 0.6) is 0 Å². The van der Waals surface area contributed by atoms with Crippen LogP contribution >= 0.6 is 0 Å². The van der Waals surface area contributed by atoms with E-state index in [-0.39, 0.29) is 18.5 Å². The third kappa shape index (κ3) is 4.20. The Morgan fingerprint density at radius 3 is 3.05 bits per heavy atom. The Morgan fingerprint density at radius 1 is 1.48 bits per heavy atom. The van der Waals surface area contributed by atoms with Crippen molar-refractivity contribution in [3.63, 3.8) is 0 Å². The van der Waals surface area contributed by atoms with Gasteiger partial charge in [-0.25, -0.2) is 4.98 Å². The third-order valence-electron chi connectivity index (χ3n) is 2.81. The SMILES string of the molecule is CC(Cc1ccco1)NC(=O)c1ncccc1C#CCN. The number of amides is 1. The molecule has 21 heavy (non-hydrogen) atoms. The van der Waals surface area contributed by atoms with Gasteiger partial charge in [0.15, 0.2) is 0 Å². The van der Waals surface area contributed by atoms with E-state index < -0.39 is 0 Å². The van der Waals surface area contributed by atoms with Crippen molar-refractivity contribution in [3.05, 3.63) is 53.7 Å². The number of furan rings is 1. The summed E-state index contributed by atoms with van der Waals surface area (Å²) in [6.07, 6.45) is 3.80. The molecule has 0 aliphatic rings. The van der Waals surface area contributed by atoms with E-state index in [2.05, 4.69) is 22.1 Å². The van der Waals surface area contributed by atoms with Crippen molar-refractivity contribution in [3.8, 4) is 11.8 Å². The van der Waals surface area contributed by atoms with E-state index in [0.717, 1.165) is 5.76 Å². The first-order valence-electron chi connectivity index (χ1n) is 6.68. The molecule has 2 heterocycles. The van der Waals surface area contributed by atoms with Gasteiger partial charge >= 0.3 is 0 Å². The second kappa shape index (κ2) is 7.27. The number of hydrogen-bond donors (Lipinski definition) is 2. The largest absolute Gasteiger partial charge is 0.469 e. The van der Waals surface area contributed by atoms with E-state index >= 15 is 0 Å². The fourth-order valence-corrected chi connectivity index (χ4v) is 1.91. The fourth-order valence-electron chi connectivity index (χ4n) is 1.91. The smallest absolute Gasteiger partial charge is 0.271 e. The molecule has 2 aromatic rings. The van der Waals surface area contributed by atoms with Crippen LogP contribution in [0.1, 0.15) is 28.7 Å². The van der Waals surface area contributed by atoms with Gasteiger partial charge in [0.25, 0.3) is 5.91 Å². The van der Waals surface area contributed by atoms with Crippen molar-refractivity contribution < 1.29 is 9.21 Å². The summed E-state index contributed by atoms with van der Waals surface area (Å²) in [6.45, 7) is 2.15. The van der Waals surface area contributed by atoms with Crippen LogP contribution in [-0.4, -0.2) is 23.5 Å². The van der Waals surface area contributed by atoms with Crippen LogP contribution in [0.4, 0.5) is 0 Å². The highest BCUT2D eigenvalue weighted by Crippen LogP contribution is 2.07. The molecule has 2 aromatic heterocycles. The molecule has 0 radical (unpaired) electrons. The summed E-state index contributed by atoms with van der Waals surface area (Å²) in [5.41, 5.74) is 6.24. The number of carbonyl (C=O) groups excluding carboxylic acids is 1. The number of nitrogens with one attached hydrogen (secondary N) is 1. The Bertz CT molecular complexity index is 654. The monoisotopic (exact) mass is 283 g/mol. The highest BCUT2D eigenvalue weighted by molar-refractivity contribution is 5.94. The van der Waals surface area contributed by atoms with Crippen LogP contribution in [0.15, 0.2) is 41.1 Å². The Hall–Kier alpha value is -2.58. The van der Waals surface area contributed by atoms with Gasteiger partial charge < -0.3 is 15.5 Å². The molecule has 0 saturated carbocycles. The van der Waals surface area contributed by atoms with Gasteiger partial charge in [-0.15, -0.1) is 0 Å². The number of nitrogens with two attached hydrogens (primary N) is 1. The molecule has 1 unspecified atom stereocenters. The van der Waals surface area contributed by atoms with Gasteiger partial charge in [-0.05, 0) is 31.2 Å². The maximum absolute atomic E-state index is 12.3. The van der Waals surface area contributed by atoms with Gasteiger partial charge in [0.05, 0.1) is 18.4 Å². The first kappa shape index (κ1) is 14.8. The Balaban J connectivity index is 2.06. The van der Waals surface area contributed by atoms with E-state index in [1.165, 1.54) is 0 Å². The van der Waals surface area contributed by atoms with Crippen LogP contribution in [0.2, 0.25) is 0 Å². The summed E-state index contributed by atoms with van der Waals surface area (Å²) < 4.78 is 5.27. The molecule has 0 aliphatic carbocycles. The zero-order valence-corrected chi connectivity index (χ0v) is 11.8. The minimum Gasteiger partial charge on any atom is -0.469 e. The Labute approximate surface area is 123 Å². The van der Waals surface area contributed by atoms with Crippen molar-refractivity contribution in [2.45, 2.75) is 19.4 Å². The predicted octanol–water partition coefficient (Wildman–Crippen LogP) is 1.35. The average Bonchev–Trinajstić information content (AvgIpc) is 2.98. The van der Waals surface area contributed by atoms with Gasteiger partial charge in [-0.3, -0.25) is 4.79 Å². The molecule has 108 valence electrons. The Kier molecular flexibility index (Phi) is 5.13. The summed E-state index contributed by atoms with van der Waals surface area (Å²) in [5.74, 6) is 6.16. The van der Waals surface area contributed by atoms with E-state index in [4.69, 9.17) is 10.2 Å². The van der Waals surface area contributed by atoms with Crippen LogP contribution in [0.3, 0.4) is 0 Å². The average molecular weight is 283 g/mol. The molecule has 0 saturated heterocycles. The molecule has 5 nitrogen and oxygen atoms in total. The van der Waals surface area contributed by atoms with Crippen molar-refractivity contribution in [2.75, 3.05) is 6.54 Å². The molecule has 1 atom stereocenters. The lowest BCUT2D eigenvalue weighted by Crippen LogP contribution is -2.35. The Morgan fingerprint density at radius 2 is 2.33 bits per heavy atom. The number of nitrogens with zero attached hydrogens (tertiary/aromatic N) is 1. The minimum atomic E-state index is -0.254. The number of hydrogen-bond acceptors (Lipinski definition) is 4.